The van der Waals surface area contributed by atoms with Crippen LogP contribution in [-0.4, -0.2) is 33.4 Å². The Labute approximate surface area is 193 Å². The Hall–Kier alpha value is -2.91. The number of thioether (sulfide) groups is 1. The number of imide groups is 1. The van der Waals surface area contributed by atoms with E-state index in [1.807, 2.05) is 30.3 Å². The number of para-hydroxylation sites is 1. The van der Waals surface area contributed by atoms with Crippen molar-refractivity contribution >= 4 is 51.2 Å². The van der Waals surface area contributed by atoms with E-state index < -0.39 is 17.5 Å². The third-order valence-corrected chi connectivity index (χ3v) is 8.19. The minimum absolute atomic E-state index is 0.362. The van der Waals surface area contributed by atoms with E-state index in [1.54, 1.807) is 35.2 Å². The normalized spacial score (nSPS) is 17.7. The van der Waals surface area contributed by atoms with E-state index in [2.05, 4.69) is 21.8 Å². The van der Waals surface area contributed by atoms with Gasteiger partial charge in [-0.2, -0.15) is 5.01 Å². The number of amides is 4. The summed E-state index contributed by atoms with van der Waals surface area (Å²) in [6, 6.07) is 14.7. The molecule has 2 heterocycles. The molecule has 2 aromatic carbocycles. The molecular formula is C23H22N4O3S2. The van der Waals surface area contributed by atoms with Crippen LogP contribution >= 0.6 is 23.1 Å². The second-order valence-corrected chi connectivity index (χ2v) is 10.3. The Balaban J connectivity index is 1.20. The highest BCUT2D eigenvalue weighted by Gasteiger charge is 2.52. The van der Waals surface area contributed by atoms with Gasteiger partial charge in [0.15, 0.2) is 4.34 Å². The van der Waals surface area contributed by atoms with Crippen LogP contribution in [0.4, 0.5) is 4.79 Å². The number of fused-ring (bicyclic) bond motifs is 1. The number of hydrogen-bond acceptors (Lipinski definition) is 6. The van der Waals surface area contributed by atoms with Crippen molar-refractivity contribution in [3.8, 4) is 0 Å². The molecule has 0 atom stereocenters. The smallest absolute Gasteiger partial charge is 0.322 e. The van der Waals surface area contributed by atoms with Gasteiger partial charge in [-0.25, -0.2) is 9.78 Å². The lowest BCUT2D eigenvalue weighted by atomic mass is 9.82. The van der Waals surface area contributed by atoms with Crippen LogP contribution in [0.25, 0.3) is 10.2 Å². The number of carbonyl (C=O) groups is 3. The van der Waals surface area contributed by atoms with E-state index >= 15 is 0 Å². The Bertz CT molecular complexity index is 1150. The minimum Gasteiger partial charge on any atom is -0.322 e. The maximum atomic E-state index is 12.8. The Kier molecular flexibility index (Phi) is 5.60. The molecule has 9 heteroatoms. The number of hydrazine groups is 1. The molecule has 1 aromatic heterocycles. The van der Waals surface area contributed by atoms with E-state index in [0.717, 1.165) is 50.1 Å². The maximum absolute atomic E-state index is 12.8. The summed E-state index contributed by atoms with van der Waals surface area (Å²) in [5.41, 5.74) is 4.07. The van der Waals surface area contributed by atoms with Gasteiger partial charge in [0.05, 0.1) is 10.2 Å². The van der Waals surface area contributed by atoms with Crippen LogP contribution in [-0.2, 0) is 10.5 Å². The molecule has 0 radical (unpaired) electrons. The van der Waals surface area contributed by atoms with Gasteiger partial charge in [-0.15, -0.1) is 11.3 Å². The summed E-state index contributed by atoms with van der Waals surface area (Å²) < 4.78 is 2.17. The number of benzene rings is 2. The average molecular weight is 467 g/mol. The van der Waals surface area contributed by atoms with Crippen molar-refractivity contribution in [1.29, 1.82) is 0 Å². The van der Waals surface area contributed by atoms with Gasteiger partial charge in [0.25, 0.3) is 11.8 Å². The van der Waals surface area contributed by atoms with Crippen LogP contribution in [0.3, 0.4) is 0 Å². The quantitative estimate of drug-likeness (QED) is 0.427. The van der Waals surface area contributed by atoms with E-state index in [0.29, 0.717) is 18.4 Å². The first-order valence-electron chi connectivity index (χ1n) is 10.6. The molecule has 7 nitrogen and oxygen atoms in total. The minimum atomic E-state index is -0.857. The molecule has 1 saturated carbocycles. The number of nitrogens with one attached hydrogen (secondary N) is 2. The number of urea groups is 1. The molecule has 2 N–H and O–H groups in total. The fraction of sp³-hybridized carbons (Fsp3) is 0.304. The monoisotopic (exact) mass is 466 g/mol. The number of rotatable bonds is 5. The lowest BCUT2D eigenvalue weighted by molar-refractivity contribution is -0.134. The van der Waals surface area contributed by atoms with Gasteiger partial charge in [-0.1, -0.05) is 55.3 Å². The second-order valence-electron chi connectivity index (χ2n) is 8.09. The maximum Gasteiger partial charge on any atom is 0.344 e. The van der Waals surface area contributed by atoms with Gasteiger partial charge in [0.2, 0.25) is 0 Å². The van der Waals surface area contributed by atoms with Crippen LogP contribution in [0.5, 0.6) is 0 Å². The molecule has 2 aliphatic rings. The fourth-order valence-electron chi connectivity index (χ4n) is 4.19. The topological polar surface area (TPSA) is 91.4 Å². The first-order chi connectivity index (χ1) is 15.5. The summed E-state index contributed by atoms with van der Waals surface area (Å²) in [5.74, 6) is -0.108. The van der Waals surface area contributed by atoms with E-state index in [1.165, 1.54) is 0 Å². The van der Waals surface area contributed by atoms with Gasteiger partial charge in [-0.3, -0.25) is 15.0 Å². The molecule has 1 saturated heterocycles. The van der Waals surface area contributed by atoms with E-state index in [9.17, 15) is 14.4 Å². The highest BCUT2D eigenvalue weighted by molar-refractivity contribution is 8.00. The number of aromatic nitrogens is 1. The molecule has 164 valence electrons. The summed E-state index contributed by atoms with van der Waals surface area (Å²) in [7, 11) is 0. The largest absolute Gasteiger partial charge is 0.344 e. The Morgan fingerprint density at radius 2 is 1.84 bits per heavy atom. The lowest BCUT2D eigenvalue weighted by Gasteiger charge is -2.30. The summed E-state index contributed by atoms with van der Waals surface area (Å²) in [6.07, 6.45) is 4.07. The molecule has 2 fully saturated rings. The number of carbonyl (C=O) groups excluding carboxylic acids is 3. The van der Waals surface area contributed by atoms with Gasteiger partial charge >= 0.3 is 6.03 Å². The summed E-state index contributed by atoms with van der Waals surface area (Å²) in [4.78, 5) is 42.4. The predicted molar refractivity (Wildman–Crippen MR) is 124 cm³/mol. The van der Waals surface area contributed by atoms with Gasteiger partial charge < -0.3 is 5.32 Å². The van der Waals surface area contributed by atoms with Crippen LogP contribution in [0.2, 0.25) is 0 Å². The molecule has 1 aliphatic heterocycles. The fourth-order valence-corrected chi connectivity index (χ4v) is 6.22. The van der Waals surface area contributed by atoms with E-state index in [-0.39, 0.29) is 5.91 Å². The predicted octanol–water partition coefficient (Wildman–Crippen LogP) is 4.49. The third-order valence-electron chi connectivity index (χ3n) is 5.93. The molecule has 1 aliphatic carbocycles. The summed E-state index contributed by atoms with van der Waals surface area (Å²) >= 11 is 3.32. The zero-order valence-corrected chi connectivity index (χ0v) is 18.9. The third kappa shape index (κ3) is 3.98. The van der Waals surface area contributed by atoms with Crippen molar-refractivity contribution in [3.63, 3.8) is 0 Å². The highest BCUT2D eigenvalue weighted by Crippen LogP contribution is 2.33. The van der Waals surface area contributed by atoms with Crippen molar-refractivity contribution in [3.05, 3.63) is 59.7 Å². The molecule has 0 bridgehead atoms. The molecule has 1 spiro atoms. The van der Waals surface area contributed by atoms with Crippen LogP contribution in [0.15, 0.2) is 52.9 Å². The van der Waals surface area contributed by atoms with Crippen molar-refractivity contribution in [1.82, 2.24) is 20.7 Å². The first-order valence-corrected chi connectivity index (χ1v) is 12.4. The highest BCUT2D eigenvalue weighted by atomic mass is 32.2. The Morgan fingerprint density at radius 1 is 1.09 bits per heavy atom. The molecule has 4 amide bonds. The summed E-state index contributed by atoms with van der Waals surface area (Å²) in [5, 5.41) is 3.63. The molecule has 5 rings (SSSR count). The standard InChI is InChI=1S/C23H22N4O3S2/c28-19(26-27-20(29)23(25-21(27)30)12-4-1-5-13-23)16-10-8-15(9-11-16)14-31-22-24-17-6-2-3-7-18(17)32-22/h2-3,6-11H,1,4-5,12-14H2,(H,25,30)(H,26,28). The average Bonchev–Trinajstić information content (AvgIpc) is 3.33. The van der Waals surface area contributed by atoms with Crippen molar-refractivity contribution in [2.24, 2.45) is 0 Å². The zero-order valence-electron chi connectivity index (χ0n) is 17.3. The van der Waals surface area contributed by atoms with Crippen molar-refractivity contribution in [2.45, 2.75) is 47.7 Å². The number of hydrogen-bond donors (Lipinski definition) is 2. The van der Waals surface area contributed by atoms with E-state index in [4.69, 9.17) is 0 Å². The molecule has 32 heavy (non-hydrogen) atoms. The first kappa shape index (κ1) is 21.0. The van der Waals surface area contributed by atoms with Gasteiger partial charge in [-0.05, 0) is 42.7 Å². The lowest BCUT2D eigenvalue weighted by Crippen LogP contribution is -2.50. The number of thiazole rings is 1. The van der Waals surface area contributed by atoms with Crippen LogP contribution in [0.1, 0.15) is 48.0 Å². The molecular weight excluding hydrogens is 444 g/mol. The molecule has 0 unspecified atom stereocenters. The van der Waals surface area contributed by atoms with Crippen molar-refractivity contribution < 1.29 is 14.4 Å². The van der Waals surface area contributed by atoms with Crippen LogP contribution in [0, 0.1) is 0 Å². The van der Waals surface area contributed by atoms with Crippen LogP contribution < -0.4 is 10.7 Å². The zero-order chi connectivity index (χ0) is 22.1. The second kappa shape index (κ2) is 8.55. The number of nitrogens with zero attached hydrogens (tertiary/aromatic N) is 2. The van der Waals surface area contributed by atoms with Gasteiger partial charge in [0.1, 0.15) is 5.54 Å². The van der Waals surface area contributed by atoms with Crippen molar-refractivity contribution in [2.75, 3.05) is 0 Å². The van der Waals surface area contributed by atoms with Gasteiger partial charge in [0, 0.05) is 11.3 Å². The molecule has 3 aromatic rings. The summed E-state index contributed by atoms with van der Waals surface area (Å²) in [6.45, 7) is 0. The Morgan fingerprint density at radius 3 is 2.59 bits per heavy atom. The SMILES string of the molecule is O=C(NN1C(=O)NC2(CCCCC2)C1=O)c1ccc(CSc2nc3ccccc3s2)cc1.